The van der Waals surface area contributed by atoms with Crippen molar-refractivity contribution in [1.82, 2.24) is 14.8 Å². The zero-order valence-electron chi connectivity index (χ0n) is 16.9. The Morgan fingerprint density at radius 1 is 1.11 bits per heavy atom. The molecule has 0 bridgehead atoms. The van der Waals surface area contributed by atoms with Crippen molar-refractivity contribution in [3.8, 4) is 0 Å². The van der Waals surface area contributed by atoms with Gasteiger partial charge in [-0.25, -0.2) is 4.98 Å². The molecule has 0 saturated carbocycles. The van der Waals surface area contributed by atoms with E-state index in [0.29, 0.717) is 5.41 Å². The van der Waals surface area contributed by atoms with Crippen molar-refractivity contribution in [1.29, 1.82) is 0 Å². The molecule has 146 valence electrons. The van der Waals surface area contributed by atoms with Crippen LogP contribution in [0.2, 0.25) is 0 Å². The molecule has 1 unspecified atom stereocenters. The van der Waals surface area contributed by atoms with Crippen LogP contribution in [0, 0.1) is 12.3 Å². The minimum absolute atomic E-state index is 0.497. The molecular weight excluding hydrogens is 352 g/mol. The summed E-state index contributed by atoms with van der Waals surface area (Å²) in [7, 11) is 4.14. The molecule has 2 fully saturated rings. The van der Waals surface area contributed by atoms with Crippen LogP contribution in [-0.4, -0.2) is 55.1 Å². The summed E-state index contributed by atoms with van der Waals surface area (Å²) in [6.07, 6.45) is 6.14. The van der Waals surface area contributed by atoms with Gasteiger partial charge in [-0.2, -0.15) is 0 Å². The summed E-state index contributed by atoms with van der Waals surface area (Å²) in [6.45, 7) is 9.33. The molecule has 4 rings (SSSR count). The predicted octanol–water partition coefficient (Wildman–Crippen LogP) is 4.01. The zero-order chi connectivity index (χ0) is 18.9. The first-order valence-electron chi connectivity index (χ1n) is 10.1. The van der Waals surface area contributed by atoms with Crippen LogP contribution in [0.1, 0.15) is 35.3 Å². The largest absolute Gasteiger partial charge is 0.354 e. The van der Waals surface area contributed by atoms with Crippen molar-refractivity contribution in [3.63, 3.8) is 0 Å². The molecule has 2 saturated heterocycles. The number of hydrogen-bond acceptors (Lipinski definition) is 5. The Morgan fingerprint density at radius 2 is 1.93 bits per heavy atom. The van der Waals surface area contributed by atoms with Gasteiger partial charge < -0.3 is 4.90 Å². The van der Waals surface area contributed by atoms with E-state index in [1.165, 1.54) is 61.4 Å². The number of aromatic nitrogens is 1. The summed E-state index contributed by atoms with van der Waals surface area (Å²) in [5.74, 6) is 0. The van der Waals surface area contributed by atoms with Crippen molar-refractivity contribution < 1.29 is 0 Å². The molecular formula is C22H32N4S. The minimum Gasteiger partial charge on any atom is -0.354 e. The van der Waals surface area contributed by atoms with Crippen LogP contribution in [-0.2, 0) is 13.1 Å². The molecule has 27 heavy (non-hydrogen) atoms. The molecule has 2 aliphatic heterocycles. The second-order valence-electron chi connectivity index (χ2n) is 8.77. The lowest BCUT2D eigenvalue weighted by molar-refractivity contribution is 0.0867. The third-order valence-corrected chi connectivity index (χ3v) is 7.20. The monoisotopic (exact) mass is 384 g/mol. The van der Waals surface area contributed by atoms with Crippen LogP contribution >= 0.6 is 11.3 Å². The molecule has 0 radical (unpaired) electrons. The number of aryl methyl sites for hydroxylation is 1. The Hall–Kier alpha value is -1.43. The highest BCUT2D eigenvalue weighted by Gasteiger charge is 2.41. The average Bonchev–Trinajstić information content (AvgIpc) is 3.23. The molecule has 3 heterocycles. The van der Waals surface area contributed by atoms with Crippen molar-refractivity contribution in [3.05, 3.63) is 46.5 Å². The summed E-state index contributed by atoms with van der Waals surface area (Å²) in [6, 6.07) is 9.01. The van der Waals surface area contributed by atoms with Gasteiger partial charge >= 0.3 is 0 Å². The van der Waals surface area contributed by atoms with E-state index < -0.39 is 0 Å². The van der Waals surface area contributed by atoms with Gasteiger partial charge in [0.1, 0.15) is 0 Å². The molecule has 1 atom stereocenters. The number of nitrogens with zero attached hydrogens (tertiary/aromatic N) is 4. The Balaban J connectivity index is 1.35. The molecule has 1 spiro atoms. The number of thiazole rings is 1. The molecule has 4 nitrogen and oxygen atoms in total. The van der Waals surface area contributed by atoms with Gasteiger partial charge in [-0.05, 0) is 50.3 Å². The van der Waals surface area contributed by atoms with Crippen molar-refractivity contribution >= 4 is 16.5 Å². The third-order valence-electron chi connectivity index (χ3n) is 6.05. The minimum atomic E-state index is 0.497. The summed E-state index contributed by atoms with van der Waals surface area (Å²) in [5.41, 5.74) is 3.33. The quantitative estimate of drug-likeness (QED) is 0.777. The summed E-state index contributed by atoms with van der Waals surface area (Å²) >= 11 is 1.83. The fourth-order valence-electron chi connectivity index (χ4n) is 4.81. The maximum absolute atomic E-state index is 4.54. The lowest BCUT2D eigenvalue weighted by Gasteiger charge is -2.40. The Morgan fingerprint density at radius 3 is 2.67 bits per heavy atom. The average molecular weight is 385 g/mol. The van der Waals surface area contributed by atoms with Gasteiger partial charge in [-0.3, -0.25) is 9.80 Å². The summed E-state index contributed by atoms with van der Waals surface area (Å²) in [4.78, 5) is 13.4. The number of rotatable bonds is 5. The molecule has 0 amide bonds. The third kappa shape index (κ3) is 4.53. The first-order chi connectivity index (χ1) is 13.0. The van der Waals surface area contributed by atoms with E-state index in [9.17, 15) is 0 Å². The first-order valence-corrected chi connectivity index (χ1v) is 11.0. The van der Waals surface area contributed by atoms with Gasteiger partial charge in [-0.15, -0.1) is 11.3 Å². The van der Waals surface area contributed by atoms with E-state index in [-0.39, 0.29) is 0 Å². The normalized spacial score (nSPS) is 24.0. The van der Waals surface area contributed by atoms with E-state index in [1.807, 2.05) is 11.3 Å². The van der Waals surface area contributed by atoms with Gasteiger partial charge in [-0.1, -0.05) is 29.8 Å². The van der Waals surface area contributed by atoms with E-state index in [0.717, 1.165) is 18.2 Å². The fourth-order valence-corrected chi connectivity index (χ4v) is 5.68. The van der Waals surface area contributed by atoms with E-state index in [4.69, 9.17) is 0 Å². The van der Waals surface area contributed by atoms with Crippen LogP contribution in [0.4, 0.5) is 5.13 Å². The maximum atomic E-state index is 4.54. The highest BCUT2D eigenvalue weighted by atomic mass is 32.1. The number of likely N-dealkylation sites (tertiary alicyclic amines) is 2. The summed E-state index contributed by atoms with van der Waals surface area (Å²) in [5, 5.41) is 1.11. The fraction of sp³-hybridized carbons (Fsp3) is 0.591. The molecule has 2 aliphatic rings. The lowest BCUT2D eigenvalue weighted by Crippen LogP contribution is -2.44. The van der Waals surface area contributed by atoms with Crippen LogP contribution in [0.5, 0.6) is 0 Å². The highest BCUT2D eigenvalue weighted by Crippen LogP contribution is 2.40. The topological polar surface area (TPSA) is 22.6 Å². The van der Waals surface area contributed by atoms with E-state index in [2.05, 4.69) is 71.2 Å². The van der Waals surface area contributed by atoms with Crippen LogP contribution in [0.15, 0.2) is 30.5 Å². The van der Waals surface area contributed by atoms with Crippen molar-refractivity contribution in [2.75, 3.05) is 45.2 Å². The smallest absolute Gasteiger partial charge is 0.185 e. The lowest BCUT2D eigenvalue weighted by atomic mass is 9.79. The Labute approximate surface area is 167 Å². The van der Waals surface area contributed by atoms with Crippen molar-refractivity contribution in [2.24, 2.45) is 5.41 Å². The SMILES string of the molecule is Cc1cccc(CN2CCCC3(CCN(Cc4cnc(N(C)C)s4)C3)C2)c1. The highest BCUT2D eigenvalue weighted by molar-refractivity contribution is 7.15. The van der Waals surface area contributed by atoms with Crippen LogP contribution < -0.4 is 4.90 Å². The second kappa shape index (κ2) is 7.90. The first kappa shape index (κ1) is 18.9. The molecule has 1 aromatic heterocycles. The summed E-state index contributed by atoms with van der Waals surface area (Å²) < 4.78 is 0. The van der Waals surface area contributed by atoms with Crippen LogP contribution in [0.25, 0.3) is 0 Å². The van der Waals surface area contributed by atoms with Gasteiger partial charge in [0.2, 0.25) is 0 Å². The van der Waals surface area contributed by atoms with Gasteiger partial charge in [0, 0.05) is 51.3 Å². The number of piperidine rings is 1. The molecule has 5 heteroatoms. The predicted molar refractivity (Wildman–Crippen MR) is 114 cm³/mol. The van der Waals surface area contributed by atoms with Gasteiger partial charge in [0.25, 0.3) is 0 Å². The molecule has 0 N–H and O–H groups in total. The molecule has 2 aromatic rings. The Bertz CT molecular complexity index is 771. The second-order valence-corrected chi connectivity index (χ2v) is 9.86. The van der Waals surface area contributed by atoms with Gasteiger partial charge in [0.15, 0.2) is 5.13 Å². The van der Waals surface area contributed by atoms with Crippen LogP contribution in [0.3, 0.4) is 0 Å². The number of hydrogen-bond donors (Lipinski definition) is 0. The molecule has 1 aromatic carbocycles. The van der Waals surface area contributed by atoms with E-state index in [1.54, 1.807) is 0 Å². The standard InChI is InChI=1S/C22H32N4S/c1-18-6-4-7-19(12-18)14-25-10-5-8-22(16-25)9-11-26(17-22)15-20-13-23-21(27-20)24(2)3/h4,6-7,12-13H,5,8-11,14-17H2,1-3H3. The Kier molecular flexibility index (Phi) is 5.53. The molecule has 0 aliphatic carbocycles. The maximum Gasteiger partial charge on any atom is 0.185 e. The number of anilines is 1. The zero-order valence-corrected chi connectivity index (χ0v) is 17.8. The number of benzene rings is 1. The van der Waals surface area contributed by atoms with E-state index >= 15 is 0 Å². The van der Waals surface area contributed by atoms with Gasteiger partial charge in [0.05, 0.1) is 0 Å². The van der Waals surface area contributed by atoms with Crippen molar-refractivity contribution in [2.45, 2.75) is 39.3 Å².